The van der Waals surface area contributed by atoms with Gasteiger partial charge in [-0.05, 0) is 17.1 Å². The van der Waals surface area contributed by atoms with E-state index in [1.165, 1.54) is 10.4 Å². The summed E-state index contributed by atoms with van der Waals surface area (Å²) in [6.45, 7) is 2.06. The van der Waals surface area contributed by atoms with Gasteiger partial charge in [0.15, 0.2) is 0 Å². The highest BCUT2D eigenvalue weighted by Crippen LogP contribution is 2.30. The summed E-state index contributed by atoms with van der Waals surface area (Å²) in [5.41, 5.74) is 1.17. The topological polar surface area (TPSA) is 9.23 Å². The van der Waals surface area contributed by atoms with Crippen molar-refractivity contribution >= 4 is 40.0 Å². The zero-order valence-electron chi connectivity index (χ0n) is 6.43. The van der Waals surface area contributed by atoms with Crippen LogP contribution in [0.3, 0.4) is 0 Å². The molecule has 0 spiro atoms. The van der Waals surface area contributed by atoms with Crippen LogP contribution in [0.25, 0.3) is 6.08 Å². The van der Waals surface area contributed by atoms with Crippen LogP contribution in [0.2, 0.25) is 0 Å². The van der Waals surface area contributed by atoms with E-state index < -0.39 is 0 Å². The van der Waals surface area contributed by atoms with Crippen LogP contribution < -0.4 is 4.74 Å². The van der Waals surface area contributed by atoms with E-state index in [-0.39, 0.29) is 0 Å². The third-order valence-electron chi connectivity index (χ3n) is 1.39. The van der Waals surface area contributed by atoms with Crippen LogP contribution in [-0.2, 0) is 0 Å². The molecule has 0 amide bonds. The van der Waals surface area contributed by atoms with Crippen molar-refractivity contribution in [2.45, 2.75) is 6.92 Å². The van der Waals surface area contributed by atoms with E-state index in [4.69, 9.17) is 4.74 Å². The molecule has 3 heteroatoms. The second-order valence-corrected chi connectivity index (χ2v) is 3.88. The first-order chi connectivity index (χ1) is 5.29. The molecule has 0 atom stereocenters. The number of thiophene rings is 1. The van der Waals surface area contributed by atoms with Crippen molar-refractivity contribution in [2.24, 2.45) is 0 Å². The fourth-order valence-electron chi connectivity index (χ4n) is 0.907. The highest BCUT2D eigenvalue weighted by molar-refractivity contribution is 14.1. The molecule has 60 valence electrons. The zero-order chi connectivity index (χ0) is 8.27. The molecule has 0 aliphatic heterocycles. The largest absolute Gasteiger partial charge is 0.495 e. The van der Waals surface area contributed by atoms with Gasteiger partial charge in [0.05, 0.1) is 7.11 Å². The molecule has 0 aromatic carbocycles. The van der Waals surface area contributed by atoms with Crippen LogP contribution in [-0.4, -0.2) is 7.11 Å². The van der Waals surface area contributed by atoms with Crippen LogP contribution >= 0.6 is 33.9 Å². The van der Waals surface area contributed by atoms with Crippen molar-refractivity contribution in [1.29, 1.82) is 0 Å². The first-order valence-corrected chi connectivity index (χ1v) is 5.31. The zero-order valence-corrected chi connectivity index (χ0v) is 9.40. The van der Waals surface area contributed by atoms with E-state index in [9.17, 15) is 0 Å². The Hall–Kier alpha value is -0.0300. The summed E-state index contributed by atoms with van der Waals surface area (Å²) < 4.78 is 7.21. The molecule has 1 heterocycles. The SMILES string of the molecule is COc1c(/C=C\I)csc1C. The van der Waals surface area contributed by atoms with Gasteiger partial charge in [0.1, 0.15) is 5.75 Å². The molecule has 0 saturated carbocycles. The van der Waals surface area contributed by atoms with E-state index in [1.807, 2.05) is 10.2 Å². The molecule has 0 aliphatic carbocycles. The third kappa shape index (κ3) is 1.96. The molecule has 0 saturated heterocycles. The van der Waals surface area contributed by atoms with Gasteiger partial charge in [-0.2, -0.15) is 0 Å². The number of hydrogen-bond donors (Lipinski definition) is 0. The minimum absolute atomic E-state index is 1.00. The molecular weight excluding hydrogens is 271 g/mol. The number of halogens is 1. The Morgan fingerprint density at radius 3 is 2.91 bits per heavy atom. The van der Waals surface area contributed by atoms with Crippen molar-refractivity contribution in [1.82, 2.24) is 0 Å². The van der Waals surface area contributed by atoms with Gasteiger partial charge in [0.25, 0.3) is 0 Å². The molecule has 0 N–H and O–H groups in total. The molecule has 0 unspecified atom stereocenters. The van der Waals surface area contributed by atoms with Gasteiger partial charge in [-0.25, -0.2) is 0 Å². The number of hydrogen-bond acceptors (Lipinski definition) is 2. The Balaban J connectivity index is 3.05. The van der Waals surface area contributed by atoms with Gasteiger partial charge in [0.2, 0.25) is 0 Å². The van der Waals surface area contributed by atoms with Crippen molar-refractivity contribution in [2.75, 3.05) is 7.11 Å². The smallest absolute Gasteiger partial charge is 0.139 e. The summed E-state index contributed by atoms with van der Waals surface area (Å²) in [5.74, 6) is 1.00. The standard InChI is InChI=1S/C8H9IOS/c1-6-8(10-2)7(3-4-9)5-11-6/h3-5H,1-2H3/b4-3-. The Bertz CT molecular complexity index is 265. The Morgan fingerprint density at radius 2 is 2.36 bits per heavy atom. The number of aryl methyl sites for hydroxylation is 1. The Kier molecular flexibility index (Phi) is 3.39. The maximum Gasteiger partial charge on any atom is 0.139 e. The summed E-state index contributed by atoms with van der Waals surface area (Å²) in [5, 5.41) is 2.10. The van der Waals surface area contributed by atoms with Crippen LogP contribution in [0, 0.1) is 6.92 Å². The Morgan fingerprint density at radius 1 is 1.64 bits per heavy atom. The quantitative estimate of drug-likeness (QED) is 0.754. The number of ether oxygens (including phenoxy) is 1. The van der Waals surface area contributed by atoms with E-state index in [0.29, 0.717) is 0 Å². The van der Waals surface area contributed by atoms with Crippen molar-refractivity contribution in [3.05, 3.63) is 19.9 Å². The summed E-state index contributed by atoms with van der Waals surface area (Å²) >= 11 is 3.92. The third-order valence-corrected chi connectivity index (χ3v) is 2.66. The lowest BCUT2D eigenvalue weighted by Gasteiger charge is -1.98. The van der Waals surface area contributed by atoms with Crippen molar-refractivity contribution in [3.63, 3.8) is 0 Å². The highest BCUT2D eigenvalue weighted by Gasteiger charge is 2.04. The predicted molar refractivity (Wildman–Crippen MR) is 58.7 cm³/mol. The molecule has 1 rings (SSSR count). The lowest BCUT2D eigenvalue weighted by Crippen LogP contribution is -1.83. The first-order valence-electron chi connectivity index (χ1n) is 3.18. The normalized spacial score (nSPS) is 10.8. The second-order valence-electron chi connectivity index (χ2n) is 2.07. The fraction of sp³-hybridized carbons (Fsp3) is 0.250. The summed E-state index contributed by atoms with van der Waals surface area (Å²) in [4.78, 5) is 1.23. The maximum atomic E-state index is 5.22. The van der Waals surface area contributed by atoms with E-state index in [1.54, 1.807) is 18.4 Å². The lowest BCUT2D eigenvalue weighted by atomic mass is 10.3. The maximum absolute atomic E-state index is 5.22. The lowest BCUT2D eigenvalue weighted by molar-refractivity contribution is 0.413. The fourth-order valence-corrected chi connectivity index (χ4v) is 2.09. The van der Waals surface area contributed by atoms with Crippen LogP contribution in [0.1, 0.15) is 10.4 Å². The monoisotopic (exact) mass is 280 g/mol. The van der Waals surface area contributed by atoms with Gasteiger partial charge >= 0.3 is 0 Å². The minimum atomic E-state index is 1.00. The summed E-state index contributed by atoms with van der Waals surface area (Å²) in [7, 11) is 1.71. The second kappa shape index (κ2) is 4.11. The van der Waals surface area contributed by atoms with Crippen LogP contribution in [0.5, 0.6) is 5.75 Å². The molecule has 0 fully saturated rings. The number of rotatable bonds is 2. The van der Waals surface area contributed by atoms with E-state index >= 15 is 0 Å². The summed E-state index contributed by atoms with van der Waals surface area (Å²) in [6.07, 6.45) is 2.04. The average Bonchev–Trinajstić information content (AvgIpc) is 2.33. The molecule has 1 aromatic heterocycles. The highest BCUT2D eigenvalue weighted by atomic mass is 127. The van der Waals surface area contributed by atoms with Gasteiger partial charge < -0.3 is 4.74 Å². The molecular formula is C8H9IOS. The van der Waals surface area contributed by atoms with E-state index in [0.717, 1.165) is 5.75 Å². The molecule has 1 aromatic rings. The average molecular weight is 280 g/mol. The first kappa shape index (κ1) is 9.06. The van der Waals surface area contributed by atoms with Crippen LogP contribution in [0.15, 0.2) is 9.46 Å². The van der Waals surface area contributed by atoms with Gasteiger partial charge in [-0.3, -0.25) is 0 Å². The Labute approximate surface area is 84.2 Å². The molecule has 0 aliphatic rings. The van der Waals surface area contributed by atoms with Crippen LogP contribution in [0.4, 0.5) is 0 Å². The number of methoxy groups -OCH3 is 1. The molecule has 0 radical (unpaired) electrons. The van der Waals surface area contributed by atoms with Crippen molar-refractivity contribution in [3.8, 4) is 5.75 Å². The van der Waals surface area contributed by atoms with Gasteiger partial charge in [0, 0.05) is 15.8 Å². The molecule has 11 heavy (non-hydrogen) atoms. The predicted octanol–water partition coefficient (Wildman–Crippen LogP) is 3.47. The van der Waals surface area contributed by atoms with Gasteiger partial charge in [-0.1, -0.05) is 22.6 Å². The molecule has 0 bridgehead atoms. The van der Waals surface area contributed by atoms with Gasteiger partial charge in [-0.15, -0.1) is 11.3 Å². The van der Waals surface area contributed by atoms with E-state index in [2.05, 4.69) is 34.9 Å². The summed E-state index contributed by atoms with van der Waals surface area (Å²) in [6, 6.07) is 0. The van der Waals surface area contributed by atoms with Crippen molar-refractivity contribution < 1.29 is 4.74 Å². The minimum Gasteiger partial charge on any atom is -0.495 e. The molecule has 1 nitrogen and oxygen atoms in total.